The molecule has 1 saturated heterocycles. The average molecular weight is 256 g/mol. The average Bonchev–Trinajstić information content (AvgIpc) is 2.38. The van der Waals surface area contributed by atoms with Crippen molar-refractivity contribution < 1.29 is 21.9 Å². The molecule has 1 unspecified atom stereocenters. The molecule has 5 nitrogen and oxygen atoms in total. The molecule has 0 radical (unpaired) electrons. The van der Waals surface area contributed by atoms with Crippen LogP contribution in [0, 0.1) is 5.39 Å². The molecule has 1 atom stereocenters. The van der Waals surface area contributed by atoms with Crippen LogP contribution in [-0.4, -0.2) is 33.1 Å². The van der Waals surface area contributed by atoms with Crippen LogP contribution in [-0.2, 0) is 9.47 Å². The first-order valence-corrected chi connectivity index (χ1v) is 5.18. The van der Waals surface area contributed by atoms with Gasteiger partial charge in [-0.1, -0.05) is 12.1 Å². The van der Waals surface area contributed by atoms with Crippen LogP contribution in [0.1, 0.15) is 0 Å². The smallest absolute Gasteiger partial charge is 0.408 e. The van der Waals surface area contributed by atoms with Gasteiger partial charge in [0.05, 0.1) is 13.2 Å². The van der Waals surface area contributed by atoms with E-state index in [0.29, 0.717) is 18.8 Å². The van der Waals surface area contributed by atoms with Crippen molar-refractivity contribution in [3.05, 3.63) is 29.2 Å². The number of para-hydroxylation sites is 1. The molecule has 0 aromatic heterocycles. The van der Waals surface area contributed by atoms with Crippen molar-refractivity contribution in [3.8, 4) is 0 Å². The molecule has 1 aromatic carbocycles. The minimum Gasteiger partial charge on any atom is -1.00 e. The number of rotatable bonds is 2. The molecule has 0 amide bonds. The predicted molar refractivity (Wildman–Crippen MR) is 60.1 cm³/mol. The molecule has 1 heterocycles. The van der Waals surface area contributed by atoms with E-state index in [2.05, 4.69) is 9.88 Å². The topological polar surface area (TPSA) is 49.9 Å². The van der Waals surface area contributed by atoms with E-state index in [1.165, 1.54) is 0 Å². The molecule has 2 rings (SSSR count). The van der Waals surface area contributed by atoms with Crippen LogP contribution in [0.3, 0.4) is 0 Å². The van der Waals surface area contributed by atoms with E-state index in [-0.39, 0.29) is 18.7 Å². The number of benzene rings is 1. The largest absolute Gasteiger partial charge is 1.00 e. The third-order valence-corrected chi connectivity index (χ3v) is 2.63. The number of hydrogen-bond acceptors (Lipinski definition) is 4. The van der Waals surface area contributed by atoms with Gasteiger partial charge in [0.15, 0.2) is 11.3 Å². The van der Waals surface area contributed by atoms with E-state index in [1.807, 2.05) is 18.2 Å². The second kappa shape index (κ2) is 6.40. The minimum absolute atomic E-state index is 0. The Morgan fingerprint density at radius 1 is 1.47 bits per heavy atom. The molecule has 1 aliphatic heterocycles. The van der Waals surface area contributed by atoms with Gasteiger partial charge in [0.2, 0.25) is 5.39 Å². The lowest BCUT2D eigenvalue weighted by molar-refractivity contribution is -0.128. The summed E-state index contributed by atoms with van der Waals surface area (Å²) in [5, 5.41) is 8.91. The maximum absolute atomic E-state index is 8.91. The van der Waals surface area contributed by atoms with Crippen molar-refractivity contribution in [1.82, 2.24) is 0 Å². The van der Waals surface area contributed by atoms with E-state index in [0.717, 1.165) is 12.2 Å². The molecular formula is C11H14ClN3O2. The van der Waals surface area contributed by atoms with Gasteiger partial charge in [-0.15, -0.1) is 0 Å². The van der Waals surface area contributed by atoms with Gasteiger partial charge in [0.25, 0.3) is 0 Å². The normalized spacial score (nSPS) is 19.3. The van der Waals surface area contributed by atoms with Gasteiger partial charge in [-0.05, 0) is 6.07 Å². The Bertz CT molecular complexity index is 408. The van der Waals surface area contributed by atoms with Gasteiger partial charge in [-0.25, -0.2) is 0 Å². The van der Waals surface area contributed by atoms with Crippen LogP contribution in [0.25, 0.3) is 4.98 Å². The lowest BCUT2D eigenvalue weighted by Crippen LogP contribution is -3.00. The first kappa shape index (κ1) is 13.7. The Balaban J connectivity index is 0.00000144. The quantitative estimate of drug-likeness (QED) is 0.635. The van der Waals surface area contributed by atoms with Gasteiger partial charge in [-0.3, -0.25) is 0 Å². The molecule has 17 heavy (non-hydrogen) atoms. The molecule has 0 bridgehead atoms. The summed E-state index contributed by atoms with van der Waals surface area (Å²) >= 11 is 0. The first-order chi connectivity index (χ1) is 7.85. The molecule has 1 aliphatic rings. The summed E-state index contributed by atoms with van der Waals surface area (Å²) in [4.78, 5) is 5.36. The van der Waals surface area contributed by atoms with Gasteiger partial charge in [-0.2, -0.15) is 0 Å². The SMILES string of the molecule is COC1CN(c2ccccc2[N+]#N)CCO1.[Cl-]. The number of ether oxygens (including phenoxy) is 2. The monoisotopic (exact) mass is 255 g/mol. The molecule has 0 aliphatic carbocycles. The van der Waals surface area contributed by atoms with Crippen molar-refractivity contribution in [2.24, 2.45) is 0 Å². The highest BCUT2D eigenvalue weighted by Gasteiger charge is 2.25. The highest BCUT2D eigenvalue weighted by atomic mass is 35.5. The van der Waals surface area contributed by atoms with Crippen molar-refractivity contribution in [1.29, 1.82) is 5.39 Å². The van der Waals surface area contributed by atoms with Crippen molar-refractivity contribution in [2.45, 2.75) is 6.29 Å². The number of hydrogen-bond donors (Lipinski definition) is 0. The van der Waals surface area contributed by atoms with E-state index >= 15 is 0 Å². The van der Waals surface area contributed by atoms with Crippen LogP contribution >= 0.6 is 0 Å². The van der Waals surface area contributed by atoms with Gasteiger partial charge in [0, 0.05) is 19.7 Å². The van der Waals surface area contributed by atoms with Crippen LogP contribution in [0.15, 0.2) is 24.3 Å². The number of morpholine rings is 1. The maximum atomic E-state index is 8.91. The fourth-order valence-electron chi connectivity index (χ4n) is 1.80. The van der Waals surface area contributed by atoms with E-state index in [1.54, 1.807) is 13.2 Å². The zero-order valence-corrected chi connectivity index (χ0v) is 10.3. The molecule has 92 valence electrons. The van der Waals surface area contributed by atoms with Crippen molar-refractivity contribution >= 4 is 11.4 Å². The molecule has 0 N–H and O–H groups in total. The lowest BCUT2D eigenvalue weighted by atomic mass is 10.2. The molecule has 0 saturated carbocycles. The summed E-state index contributed by atoms with van der Waals surface area (Å²) in [5.41, 5.74) is 1.47. The second-order valence-corrected chi connectivity index (χ2v) is 3.57. The summed E-state index contributed by atoms with van der Waals surface area (Å²) in [6.07, 6.45) is -0.222. The van der Waals surface area contributed by atoms with Gasteiger partial charge < -0.3 is 26.8 Å². The summed E-state index contributed by atoms with van der Waals surface area (Å²) < 4.78 is 10.6. The van der Waals surface area contributed by atoms with Crippen LogP contribution < -0.4 is 17.3 Å². The molecule has 1 fully saturated rings. The number of halogens is 1. The number of methoxy groups -OCH3 is 1. The Morgan fingerprint density at radius 2 is 2.24 bits per heavy atom. The summed E-state index contributed by atoms with van der Waals surface area (Å²) in [5.74, 6) is 0. The number of nitrogens with zero attached hydrogens (tertiary/aromatic N) is 3. The molecular weight excluding hydrogens is 242 g/mol. The summed E-state index contributed by atoms with van der Waals surface area (Å²) in [6.45, 7) is 2.02. The van der Waals surface area contributed by atoms with Crippen molar-refractivity contribution in [2.75, 3.05) is 31.7 Å². The van der Waals surface area contributed by atoms with Crippen LogP contribution in [0.2, 0.25) is 0 Å². The Hall–Kier alpha value is -1.35. The third-order valence-electron chi connectivity index (χ3n) is 2.63. The lowest BCUT2D eigenvalue weighted by Gasteiger charge is -2.32. The molecule has 0 spiro atoms. The second-order valence-electron chi connectivity index (χ2n) is 3.57. The van der Waals surface area contributed by atoms with Gasteiger partial charge in [0.1, 0.15) is 5.69 Å². The summed E-state index contributed by atoms with van der Waals surface area (Å²) in [6, 6.07) is 7.45. The van der Waals surface area contributed by atoms with Crippen molar-refractivity contribution in [3.63, 3.8) is 0 Å². The van der Waals surface area contributed by atoms with Gasteiger partial charge >= 0.3 is 5.69 Å². The summed E-state index contributed by atoms with van der Waals surface area (Å²) in [7, 11) is 1.62. The third kappa shape index (κ3) is 3.07. The van der Waals surface area contributed by atoms with E-state index < -0.39 is 0 Å². The first-order valence-electron chi connectivity index (χ1n) is 5.18. The zero-order valence-electron chi connectivity index (χ0n) is 9.54. The highest BCUT2D eigenvalue weighted by molar-refractivity contribution is 5.70. The standard InChI is InChI=1S/C11H14N3O2.ClH/c1-15-11-8-14(6-7-16-11)10-5-3-2-4-9(10)13-12;/h2-5,11H,6-8H2,1H3;1H/q+1;/p-1. The Kier molecular flexibility index (Phi) is 5.16. The van der Waals surface area contributed by atoms with Crippen LogP contribution in [0.4, 0.5) is 11.4 Å². The minimum atomic E-state index is -0.222. The Labute approximate surface area is 106 Å². The fraction of sp³-hybridized carbons (Fsp3) is 0.455. The van der Waals surface area contributed by atoms with Crippen LogP contribution in [0.5, 0.6) is 0 Å². The Morgan fingerprint density at radius 3 is 2.94 bits per heavy atom. The molecule has 6 heteroatoms. The fourth-order valence-corrected chi connectivity index (χ4v) is 1.80. The number of diazo groups is 1. The van der Waals surface area contributed by atoms with E-state index in [9.17, 15) is 0 Å². The highest BCUT2D eigenvalue weighted by Crippen LogP contribution is 2.29. The van der Waals surface area contributed by atoms with E-state index in [4.69, 9.17) is 14.9 Å². The maximum Gasteiger partial charge on any atom is 0.408 e. The predicted octanol–water partition coefficient (Wildman–Crippen LogP) is -1.02. The number of anilines is 1. The molecule has 1 aromatic rings. The zero-order chi connectivity index (χ0) is 11.4.